The molecule has 1 fully saturated rings. The van der Waals surface area contributed by atoms with E-state index in [0.717, 1.165) is 10.5 Å². The highest BCUT2D eigenvalue weighted by molar-refractivity contribution is 6.40. The van der Waals surface area contributed by atoms with Crippen molar-refractivity contribution in [1.82, 2.24) is 5.32 Å². The van der Waals surface area contributed by atoms with Crippen molar-refractivity contribution in [3.63, 3.8) is 0 Å². The number of carbonyl (C=O) groups is 3. The highest BCUT2D eigenvalue weighted by Crippen LogP contribution is 2.37. The number of halogens is 1. The maximum atomic E-state index is 12.9. The van der Waals surface area contributed by atoms with E-state index in [2.05, 4.69) is 5.32 Å². The zero-order valence-electron chi connectivity index (χ0n) is 14.1. The van der Waals surface area contributed by atoms with Gasteiger partial charge in [-0.15, -0.1) is 0 Å². The van der Waals surface area contributed by atoms with Gasteiger partial charge in [0.05, 0.1) is 10.7 Å². The fraction of sp³-hybridized carbons (Fsp3) is 0.105. The van der Waals surface area contributed by atoms with E-state index in [-0.39, 0.29) is 17.4 Å². The number of rotatable bonds is 2. The number of hydrogen-bond donors (Lipinski definition) is 1. The summed E-state index contributed by atoms with van der Waals surface area (Å²) < 4.78 is 10.5. The average molecular weight is 385 g/mol. The van der Waals surface area contributed by atoms with E-state index >= 15 is 0 Å². The van der Waals surface area contributed by atoms with Crippen molar-refractivity contribution in [3.8, 4) is 11.5 Å². The first kappa shape index (κ1) is 17.1. The molecule has 2 heterocycles. The maximum absolute atomic E-state index is 12.9. The standard InChI is InChI=1S/C19H13ClN2O5/c1-10-3-2-4-12(5-10)22-18(24)13(17(23)21-19(22)25)6-11-7-15-16(8-14(11)20)27-9-26-15/h2-8H,9H2,1H3,(H,21,23,25). The Morgan fingerprint density at radius 1 is 1.11 bits per heavy atom. The van der Waals surface area contributed by atoms with Crippen LogP contribution in [-0.2, 0) is 9.59 Å². The first-order valence-corrected chi connectivity index (χ1v) is 8.39. The molecule has 0 spiro atoms. The Morgan fingerprint density at radius 2 is 1.85 bits per heavy atom. The van der Waals surface area contributed by atoms with Gasteiger partial charge in [-0.25, -0.2) is 9.69 Å². The summed E-state index contributed by atoms with van der Waals surface area (Å²) in [4.78, 5) is 38.3. The Balaban J connectivity index is 1.76. The minimum absolute atomic E-state index is 0.0702. The Morgan fingerprint density at radius 3 is 2.59 bits per heavy atom. The molecular formula is C19H13ClN2O5. The van der Waals surface area contributed by atoms with E-state index in [1.165, 1.54) is 6.08 Å². The van der Waals surface area contributed by atoms with E-state index in [4.69, 9.17) is 21.1 Å². The van der Waals surface area contributed by atoms with Gasteiger partial charge in [0, 0.05) is 6.07 Å². The van der Waals surface area contributed by atoms with Crippen LogP contribution < -0.4 is 19.7 Å². The number of ether oxygens (including phenoxy) is 2. The van der Waals surface area contributed by atoms with Crippen LogP contribution in [0, 0.1) is 6.92 Å². The van der Waals surface area contributed by atoms with Gasteiger partial charge in [0.1, 0.15) is 5.57 Å². The summed E-state index contributed by atoms with van der Waals surface area (Å²) in [5.41, 5.74) is 1.43. The first-order valence-electron chi connectivity index (χ1n) is 8.01. The van der Waals surface area contributed by atoms with E-state index in [0.29, 0.717) is 22.7 Å². The number of fused-ring (bicyclic) bond motifs is 1. The number of benzene rings is 2. The Labute approximate surface area is 159 Å². The molecule has 8 heteroatoms. The van der Waals surface area contributed by atoms with E-state index in [9.17, 15) is 14.4 Å². The summed E-state index contributed by atoms with van der Waals surface area (Å²) in [5, 5.41) is 2.46. The molecule has 2 aliphatic rings. The average Bonchev–Trinajstić information content (AvgIpc) is 3.05. The van der Waals surface area contributed by atoms with Crippen LogP contribution in [0.4, 0.5) is 10.5 Å². The topological polar surface area (TPSA) is 84.9 Å². The molecule has 0 atom stereocenters. The third-order valence-electron chi connectivity index (χ3n) is 4.15. The minimum Gasteiger partial charge on any atom is -0.454 e. The van der Waals surface area contributed by atoms with E-state index in [1.807, 2.05) is 13.0 Å². The van der Waals surface area contributed by atoms with Crippen LogP contribution in [0.2, 0.25) is 5.02 Å². The van der Waals surface area contributed by atoms with Crippen LogP contribution in [0.25, 0.3) is 6.08 Å². The molecule has 2 aromatic carbocycles. The number of imide groups is 2. The smallest absolute Gasteiger partial charge is 0.335 e. The molecule has 0 aliphatic carbocycles. The SMILES string of the molecule is Cc1cccc(N2C(=O)NC(=O)C(=Cc3cc4c(cc3Cl)OCO4)C2=O)c1. The molecule has 0 unspecified atom stereocenters. The molecule has 0 aromatic heterocycles. The zero-order chi connectivity index (χ0) is 19.1. The van der Waals surface area contributed by atoms with Crippen molar-refractivity contribution >= 4 is 41.2 Å². The van der Waals surface area contributed by atoms with Crippen LogP contribution in [-0.4, -0.2) is 24.6 Å². The number of aryl methyl sites for hydroxylation is 1. The molecule has 27 heavy (non-hydrogen) atoms. The summed E-state index contributed by atoms with van der Waals surface area (Å²) >= 11 is 6.22. The largest absolute Gasteiger partial charge is 0.454 e. The van der Waals surface area contributed by atoms with E-state index < -0.39 is 17.8 Å². The van der Waals surface area contributed by atoms with Crippen molar-refractivity contribution in [1.29, 1.82) is 0 Å². The lowest BCUT2D eigenvalue weighted by atomic mass is 10.1. The van der Waals surface area contributed by atoms with Gasteiger partial charge in [-0.1, -0.05) is 23.7 Å². The fourth-order valence-electron chi connectivity index (χ4n) is 2.86. The minimum atomic E-state index is -0.801. The molecule has 4 rings (SSSR count). The van der Waals surface area contributed by atoms with Gasteiger partial charge >= 0.3 is 6.03 Å². The lowest BCUT2D eigenvalue weighted by Gasteiger charge is -2.26. The molecule has 0 radical (unpaired) electrons. The number of barbiturate groups is 1. The molecule has 2 aliphatic heterocycles. The quantitative estimate of drug-likeness (QED) is 0.635. The lowest BCUT2D eigenvalue weighted by molar-refractivity contribution is -0.122. The molecule has 0 bridgehead atoms. The number of anilines is 1. The number of amides is 4. The van der Waals surface area contributed by atoms with Crippen molar-refractivity contribution in [2.24, 2.45) is 0 Å². The van der Waals surface area contributed by atoms with Crippen molar-refractivity contribution < 1.29 is 23.9 Å². The number of urea groups is 1. The molecule has 7 nitrogen and oxygen atoms in total. The zero-order valence-corrected chi connectivity index (χ0v) is 14.9. The number of carbonyl (C=O) groups excluding carboxylic acids is 3. The summed E-state index contributed by atoms with van der Waals surface area (Å²) in [6.07, 6.45) is 1.33. The predicted molar refractivity (Wildman–Crippen MR) is 97.8 cm³/mol. The predicted octanol–water partition coefficient (Wildman–Crippen LogP) is 3.04. The van der Waals surface area contributed by atoms with Gasteiger partial charge in [-0.2, -0.15) is 0 Å². The molecule has 0 saturated carbocycles. The second-order valence-corrected chi connectivity index (χ2v) is 6.43. The molecular weight excluding hydrogens is 372 g/mol. The molecule has 136 valence electrons. The summed E-state index contributed by atoms with van der Waals surface area (Å²) in [5.74, 6) is -0.578. The van der Waals surface area contributed by atoms with Gasteiger partial charge in [0.2, 0.25) is 6.79 Å². The van der Waals surface area contributed by atoms with E-state index in [1.54, 1.807) is 30.3 Å². The monoisotopic (exact) mass is 384 g/mol. The number of nitrogens with one attached hydrogen (secondary N) is 1. The van der Waals surface area contributed by atoms with Gasteiger partial charge in [0.25, 0.3) is 11.8 Å². The van der Waals surface area contributed by atoms with Crippen molar-refractivity contribution in [2.45, 2.75) is 6.92 Å². The molecule has 1 N–H and O–H groups in total. The van der Waals surface area contributed by atoms with Crippen molar-refractivity contribution in [2.75, 3.05) is 11.7 Å². The Bertz CT molecular complexity index is 1030. The first-order chi connectivity index (χ1) is 12.9. The Hall–Kier alpha value is -3.32. The highest BCUT2D eigenvalue weighted by atomic mass is 35.5. The second kappa shape index (κ2) is 6.44. The fourth-order valence-corrected chi connectivity index (χ4v) is 3.07. The normalized spacial score (nSPS) is 17.5. The second-order valence-electron chi connectivity index (χ2n) is 6.02. The van der Waals surface area contributed by atoms with Crippen LogP contribution >= 0.6 is 11.6 Å². The molecule has 2 aromatic rings. The van der Waals surface area contributed by atoms with Crippen LogP contribution in [0.15, 0.2) is 42.0 Å². The van der Waals surface area contributed by atoms with Gasteiger partial charge in [-0.3, -0.25) is 14.9 Å². The summed E-state index contributed by atoms with van der Waals surface area (Å²) in [7, 11) is 0. The van der Waals surface area contributed by atoms with Gasteiger partial charge in [-0.05, 0) is 42.3 Å². The highest BCUT2D eigenvalue weighted by Gasteiger charge is 2.37. The molecule has 1 saturated heterocycles. The number of hydrogen-bond acceptors (Lipinski definition) is 5. The maximum Gasteiger partial charge on any atom is 0.335 e. The summed E-state index contributed by atoms with van der Waals surface area (Å²) in [6, 6.07) is 9.18. The van der Waals surface area contributed by atoms with Gasteiger partial charge < -0.3 is 9.47 Å². The molecule has 4 amide bonds. The van der Waals surface area contributed by atoms with Crippen LogP contribution in [0.5, 0.6) is 11.5 Å². The van der Waals surface area contributed by atoms with Gasteiger partial charge in [0.15, 0.2) is 11.5 Å². The van der Waals surface area contributed by atoms with Crippen LogP contribution in [0.3, 0.4) is 0 Å². The lowest BCUT2D eigenvalue weighted by Crippen LogP contribution is -2.54. The third kappa shape index (κ3) is 3.02. The third-order valence-corrected chi connectivity index (χ3v) is 4.48. The van der Waals surface area contributed by atoms with Crippen molar-refractivity contribution in [3.05, 3.63) is 58.1 Å². The summed E-state index contributed by atoms with van der Waals surface area (Å²) in [6.45, 7) is 1.91. The number of nitrogens with zero attached hydrogens (tertiary/aromatic N) is 1. The van der Waals surface area contributed by atoms with Crippen LogP contribution in [0.1, 0.15) is 11.1 Å². The Kier molecular flexibility index (Phi) is 4.08.